The zero-order chi connectivity index (χ0) is 19.7. The van der Waals surface area contributed by atoms with E-state index in [1.807, 2.05) is 42.5 Å². The highest BCUT2D eigenvalue weighted by Crippen LogP contribution is 2.34. The molecule has 0 aliphatic heterocycles. The average molecular weight is 368 g/mol. The second kappa shape index (κ2) is 7.04. The number of nitrogens with two attached hydrogens (primary N) is 2. The predicted octanol–water partition coefficient (Wildman–Crippen LogP) is 4.66. The molecule has 4 rings (SSSR count). The Bertz CT molecular complexity index is 1140. The number of hydrogen-bond donors (Lipinski definition) is 3. The van der Waals surface area contributed by atoms with Crippen LogP contribution in [0.4, 0.5) is 11.6 Å². The first kappa shape index (κ1) is 17.5. The fourth-order valence-electron chi connectivity index (χ4n) is 3.07. The van der Waals surface area contributed by atoms with Crippen molar-refractivity contribution in [3.63, 3.8) is 0 Å². The van der Waals surface area contributed by atoms with Gasteiger partial charge >= 0.3 is 0 Å². The summed E-state index contributed by atoms with van der Waals surface area (Å²) in [5.74, 6) is 0.279. The van der Waals surface area contributed by atoms with E-state index < -0.39 is 0 Å². The number of phenols is 1. The zero-order valence-corrected chi connectivity index (χ0v) is 15.4. The topological polar surface area (TPSA) is 98.0 Å². The van der Waals surface area contributed by atoms with Crippen molar-refractivity contribution < 1.29 is 5.11 Å². The van der Waals surface area contributed by atoms with Gasteiger partial charge in [-0.05, 0) is 48.4 Å². The minimum Gasteiger partial charge on any atom is -0.507 e. The van der Waals surface area contributed by atoms with Crippen LogP contribution < -0.4 is 11.5 Å². The number of phenolic OH excluding ortho intramolecular Hbond substituents is 1. The summed E-state index contributed by atoms with van der Waals surface area (Å²) in [6.07, 6.45) is 0. The van der Waals surface area contributed by atoms with Crippen LogP contribution in [0.1, 0.15) is 5.56 Å². The van der Waals surface area contributed by atoms with Crippen molar-refractivity contribution in [1.29, 1.82) is 0 Å². The van der Waals surface area contributed by atoms with Crippen LogP contribution in [-0.4, -0.2) is 15.1 Å². The summed E-state index contributed by atoms with van der Waals surface area (Å²) in [6.45, 7) is 2.05. The molecule has 0 aliphatic rings. The SMILES string of the molecule is Cc1ccc(-c2ccc(O)c(-c3cc(-c4ccc(N)cc4)nc(N)n3)c2)cc1. The van der Waals surface area contributed by atoms with Gasteiger partial charge in [-0.1, -0.05) is 48.0 Å². The summed E-state index contributed by atoms with van der Waals surface area (Å²) in [6, 6.07) is 22.9. The molecule has 0 amide bonds. The molecule has 5 nitrogen and oxygen atoms in total. The molecule has 0 radical (unpaired) electrons. The van der Waals surface area contributed by atoms with Gasteiger partial charge in [-0.15, -0.1) is 0 Å². The molecular weight excluding hydrogens is 348 g/mol. The van der Waals surface area contributed by atoms with Gasteiger partial charge in [0.1, 0.15) is 5.75 Å². The fourth-order valence-corrected chi connectivity index (χ4v) is 3.07. The lowest BCUT2D eigenvalue weighted by Gasteiger charge is -2.10. The van der Waals surface area contributed by atoms with E-state index in [9.17, 15) is 5.11 Å². The molecule has 0 aliphatic carbocycles. The maximum atomic E-state index is 10.5. The van der Waals surface area contributed by atoms with E-state index >= 15 is 0 Å². The highest BCUT2D eigenvalue weighted by Gasteiger charge is 2.12. The molecule has 5 heteroatoms. The van der Waals surface area contributed by atoms with Gasteiger partial charge in [0.2, 0.25) is 5.95 Å². The number of aromatic nitrogens is 2. The minimum absolute atomic E-state index is 0.136. The van der Waals surface area contributed by atoms with Crippen LogP contribution in [0, 0.1) is 6.92 Å². The Morgan fingerprint density at radius 2 is 1.29 bits per heavy atom. The summed E-state index contributed by atoms with van der Waals surface area (Å²) in [7, 11) is 0. The number of nitrogens with zero attached hydrogens (tertiary/aromatic N) is 2. The quantitative estimate of drug-likeness (QED) is 0.457. The van der Waals surface area contributed by atoms with Crippen molar-refractivity contribution in [2.75, 3.05) is 11.5 Å². The molecule has 0 spiro atoms. The number of rotatable bonds is 3. The van der Waals surface area contributed by atoms with Gasteiger partial charge in [0, 0.05) is 16.8 Å². The maximum absolute atomic E-state index is 10.5. The molecule has 3 aromatic carbocycles. The van der Waals surface area contributed by atoms with Crippen LogP contribution in [-0.2, 0) is 0 Å². The zero-order valence-electron chi connectivity index (χ0n) is 15.4. The molecule has 0 bridgehead atoms. The number of benzene rings is 3. The molecule has 1 heterocycles. The molecular formula is C23H20N4O. The molecule has 0 saturated carbocycles. The van der Waals surface area contributed by atoms with Crippen molar-refractivity contribution >= 4 is 11.6 Å². The first-order chi connectivity index (χ1) is 13.5. The van der Waals surface area contributed by atoms with Crippen molar-refractivity contribution in [2.24, 2.45) is 0 Å². The smallest absolute Gasteiger partial charge is 0.221 e. The molecule has 138 valence electrons. The van der Waals surface area contributed by atoms with E-state index in [-0.39, 0.29) is 11.7 Å². The van der Waals surface area contributed by atoms with Gasteiger partial charge in [0.05, 0.1) is 11.4 Å². The summed E-state index contributed by atoms with van der Waals surface area (Å²) in [4.78, 5) is 8.66. The Hall–Kier alpha value is -3.86. The number of hydrogen-bond acceptors (Lipinski definition) is 5. The van der Waals surface area contributed by atoms with Crippen molar-refractivity contribution in [3.8, 4) is 39.4 Å². The third kappa shape index (κ3) is 3.50. The number of aromatic hydroxyl groups is 1. The van der Waals surface area contributed by atoms with Crippen LogP contribution in [0.25, 0.3) is 33.6 Å². The lowest BCUT2D eigenvalue weighted by Crippen LogP contribution is -1.99. The van der Waals surface area contributed by atoms with E-state index in [0.717, 1.165) is 16.7 Å². The molecule has 28 heavy (non-hydrogen) atoms. The normalized spacial score (nSPS) is 10.8. The van der Waals surface area contributed by atoms with E-state index in [1.54, 1.807) is 6.07 Å². The van der Waals surface area contributed by atoms with Crippen molar-refractivity contribution in [3.05, 3.63) is 78.4 Å². The lowest BCUT2D eigenvalue weighted by atomic mass is 9.99. The number of aryl methyl sites for hydroxylation is 1. The Kier molecular flexibility index (Phi) is 4.41. The maximum Gasteiger partial charge on any atom is 0.221 e. The van der Waals surface area contributed by atoms with Crippen LogP contribution in [0.2, 0.25) is 0 Å². The second-order valence-electron chi connectivity index (χ2n) is 6.72. The van der Waals surface area contributed by atoms with E-state index in [1.165, 1.54) is 5.56 Å². The van der Waals surface area contributed by atoms with Gasteiger partial charge in [0.25, 0.3) is 0 Å². The monoisotopic (exact) mass is 368 g/mol. The first-order valence-electron chi connectivity index (χ1n) is 8.90. The standard InChI is InChI=1S/C23H20N4O/c1-14-2-4-15(5-3-14)17-8-11-22(28)19(12-17)21-13-20(26-23(25)27-21)16-6-9-18(24)10-7-16/h2-13,28H,24H2,1H3,(H2,25,26,27). The fraction of sp³-hybridized carbons (Fsp3) is 0.0435. The van der Waals surface area contributed by atoms with E-state index in [4.69, 9.17) is 11.5 Å². The number of nitrogen functional groups attached to an aromatic ring is 2. The second-order valence-corrected chi connectivity index (χ2v) is 6.72. The molecule has 1 aromatic heterocycles. The summed E-state index contributed by atoms with van der Waals surface area (Å²) in [5.41, 5.74) is 18.3. The van der Waals surface area contributed by atoms with Crippen molar-refractivity contribution in [2.45, 2.75) is 6.92 Å². The van der Waals surface area contributed by atoms with Gasteiger partial charge in [-0.3, -0.25) is 0 Å². The minimum atomic E-state index is 0.136. The van der Waals surface area contributed by atoms with Crippen LogP contribution >= 0.6 is 0 Å². The Labute approximate surface area is 163 Å². The van der Waals surface area contributed by atoms with Crippen molar-refractivity contribution in [1.82, 2.24) is 9.97 Å². The Morgan fingerprint density at radius 1 is 0.679 bits per heavy atom. The highest BCUT2D eigenvalue weighted by molar-refractivity contribution is 5.78. The van der Waals surface area contributed by atoms with Gasteiger partial charge in [-0.25, -0.2) is 9.97 Å². The van der Waals surface area contributed by atoms with E-state index in [2.05, 4.69) is 41.2 Å². The molecule has 0 saturated heterocycles. The lowest BCUT2D eigenvalue weighted by molar-refractivity contribution is 0.477. The summed E-state index contributed by atoms with van der Waals surface area (Å²) < 4.78 is 0. The summed E-state index contributed by atoms with van der Waals surface area (Å²) >= 11 is 0. The Balaban J connectivity index is 1.81. The molecule has 0 fully saturated rings. The third-order valence-corrected chi connectivity index (χ3v) is 4.61. The van der Waals surface area contributed by atoms with Crippen LogP contribution in [0.3, 0.4) is 0 Å². The van der Waals surface area contributed by atoms with Gasteiger partial charge < -0.3 is 16.6 Å². The average Bonchev–Trinajstić information content (AvgIpc) is 2.69. The van der Waals surface area contributed by atoms with Crippen LogP contribution in [0.15, 0.2) is 72.8 Å². The summed E-state index contributed by atoms with van der Waals surface area (Å²) in [5, 5.41) is 10.5. The number of anilines is 2. The third-order valence-electron chi connectivity index (χ3n) is 4.61. The molecule has 0 unspecified atom stereocenters. The molecule has 0 atom stereocenters. The molecule has 4 aromatic rings. The first-order valence-corrected chi connectivity index (χ1v) is 8.90. The predicted molar refractivity (Wildman–Crippen MR) is 114 cm³/mol. The van der Waals surface area contributed by atoms with E-state index in [0.29, 0.717) is 22.6 Å². The van der Waals surface area contributed by atoms with Gasteiger partial charge in [0.15, 0.2) is 0 Å². The largest absolute Gasteiger partial charge is 0.507 e. The van der Waals surface area contributed by atoms with Crippen LogP contribution in [0.5, 0.6) is 5.75 Å². The highest BCUT2D eigenvalue weighted by atomic mass is 16.3. The van der Waals surface area contributed by atoms with Gasteiger partial charge in [-0.2, -0.15) is 0 Å². The molecule has 5 N–H and O–H groups in total. The Morgan fingerprint density at radius 3 is 2.00 bits per heavy atom.